The second-order valence-electron chi connectivity index (χ2n) is 3.73. The van der Waals surface area contributed by atoms with Crippen LogP contribution in [-0.2, 0) is 18.3 Å². The Morgan fingerprint density at radius 1 is 1.69 bits per heavy atom. The zero-order chi connectivity index (χ0) is 12.0. The molecule has 6 heteroatoms. The van der Waals surface area contributed by atoms with E-state index in [1.54, 1.807) is 10.9 Å². The highest BCUT2D eigenvalue weighted by Crippen LogP contribution is 1.96. The van der Waals surface area contributed by atoms with Crippen LogP contribution in [0.4, 0.5) is 0 Å². The van der Waals surface area contributed by atoms with Crippen molar-refractivity contribution in [1.29, 1.82) is 0 Å². The van der Waals surface area contributed by atoms with E-state index in [4.69, 9.17) is 5.11 Å². The van der Waals surface area contributed by atoms with Crippen LogP contribution < -0.4 is 5.32 Å². The highest BCUT2D eigenvalue weighted by atomic mass is 16.4. The van der Waals surface area contributed by atoms with Crippen LogP contribution in [-0.4, -0.2) is 45.2 Å². The zero-order valence-corrected chi connectivity index (χ0v) is 9.26. The molecule has 1 unspecified atom stereocenters. The quantitative estimate of drug-likeness (QED) is 0.541. The van der Waals surface area contributed by atoms with E-state index in [9.17, 15) is 9.90 Å². The first-order valence-electron chi connectivity index (χ1n) is 5.16. The van der Waals surface area contributed by atoms with Crippen molar-refractivity contribution in [1.82, 2.24) is 15.1 Å². The monoisotopic (exact) mass is 227 g/mol. The van der Waals surface area contributed by atoms with E-state index in [2.05, 4.69) is 10.4 Å². The van der Waals surface area contributed by atoms with Gasteiger partial charge in [-0.2, -0.15) is 5.10 Å². The van der Waals surface area contributed by atoms with Gasteiger partial charge in [0, 0.05) is 19.8 Å². The number of nitrogens with zero attached hydrogens (tertiary/aromatic N) is 2. The van der Waals surface area contributed by atoms with Gasteiger partial charge in [0.15, 0.2) is 0 Å². The summed E-state index contributed by atoms with van der Waals surface area (Å²) in [5.74, 6) is -0.985. The molecule has 0 aliphatic carbocycles. The minimum Gasteiger partial charge on any atom is -0.481 e. The van der Waals surface area contributed by atoms with Crippen LogP contribution in [0.15, 0.2) is 12.4 Å². The molecular weight excluding hydrogens is 210 g/mol. The molecule has 0 saturated carbocycles. The summed E-state index contributed by atoms with van der Waals surface area (Å²) >= 11 is 0. The van der Waals surface area contributed by atoms with Crippen LogP contribution in [0.3, 0.4) is 0 Å². The highest BCUT2D eigenvalue weighted by molar-refractivity contribution is 5.67. The van der Waals surface area contributed by atoms with Gasteiger partial charge in [-0.25, -0.2) is 0 Å². The molecule has 1 aromatic rings. The van der Waals surface area contributed by atoms with Crippen LogP contribution >= 0.6 is 0 Å². The first-order valence-corrected chi connectivity index (χ1v) is 5.16. The minimum atomic E-state index is -0.985. The fourth-order valence-electron chi connectivity index (χ4n) is 1.38. The molecule has 3 N–H and O–H groups in total. The molecule has 0 fully saturated rings. The number of aryl methyl sites for hydroxylation is 1. The van der Waals surface area contributed by atoms with E-state index in [-0.39, 0.29) is 6.42 Å². The normalized spacial score (nSPS) is 12.6. The zero-order valence-electron chi connectivity index (χ0n) is 9.26. The maximum Gasteiger partial charge on any atom is 0.306 e. The molecule has 0 aliphatic rings. The van der Waals surface area contributed by atoms with Crippen LogP contribution in [0, 0.1) is 0 Å². The lowest BCUT2D eigenvalue weighted by atomic mass is 10.2. The van der Waals surface area contributed by atoms with Crippen molar-refractivity contribution in [3.8, 4) is 0 Å². The summed E-state index contributed by atoms with van der Waals surface area (Å²) < 4.78 is 1.73. The topological polar surface area (TPSA) is 87.4 Å². The van der Waals surface area contributed by atoms with Gasteiger partial charge in [-0.1, -0.05) is 0 Å². The van der Waals surface area contributed by atoms with E-state index < -0.39 is 12.1 Å². The number of aliphatic carboxylic acids is 1. The number of aliphatic hydroxyl groups excluding tert-OH is 1. The third kappa shape index (κ3) is 4.90. The Morgan fingerprint density at radius 2 is 2.44 bits per heavy atom. The van der Waals surface area contributed by atoms with Gasteiger partial charge in [-0.05, 0) is 18.5 Å². The van der Waals surface area contributed by atoms with Gasteiger partial charge in [0.05, 0.1) is 18.7 Å². The maximum atomic E-state index is 10.3. The number of aromatic nitrogens is 2. The third-order valence-corrected chi connectivity index (χ3v) is 2.14. The van der Waals surface area contributed by atoms with E-state index >= 15 is 0 Å². The summed E-state index contributed by atoms with van der Waals surface area (Å²) in [7, 11) is 1.85. The van der Waals surface area contributed by atoms with Gasteiger partial charge in [0.1, 0.15) is 0 Å². The second-order valence-corrected chi connectivity index (χ2v) is 3.73. The van der Waals surface area contributed by atoms with E-state index in [0.29, 0.717) is 13.1 Å². The van der Waals surface area contributed by atoms with Gasteiger partial charge in [-0.15, -0.1) is 0 Å². The molecule has 16 heavy (non-hydrogen) atoms. The van der Waals surface area contributed by atoms with Crippen molar-refractivity contribution < 1.29 is 15.0 Å². The Labute approximate surface area is 93.9 Å². The molecule has 1 atom stereocenters. The number of hydrogen-bond acceptors (Lipinski definition) is 4. The standard InChI is InChI=1S/C10H17N3O3/c1-13-7-8(5-12-13)2-3-11-6-9(14)4-10(15)16/h5,7,9,11,14H,2-4,6H2,1H3,(H,15,16). The molecule has 0 aromatic carbocycles. The highest BCUT2D eigenvalue weighted by Gasteiger charge is 2.08. The lowest BCUT2D eigenvalue weighted by Gasteiger charge is -2.08. The SMILES string of the molecule is Cn1cc(CCNCC(O)CC(=O)O)cn1. The molecule has 6 nitrogen and oxygen atoms in total. The molecule has 90 valence electrons. The number of carbonyl (C=O) groups is 1. The Bertz CT molecular complexity index is 338. The van der Waals surface area contributed by atoms with Gasteiger partial charge in [0.2, 0.25) is 0 Å². The van der Waals surface area contributed by atoms with Gasteiger partial charge < -0.3 is 15.5 Å². The van der Waals surface area contributed by atoms with Crippen molar-refractivity contribution in [2.45, 2.75) is 18.9 Å². The first-order chi connectivity index (χ1) is 7.58. The summed E-state index contributed by atoms with van der Waals surface area (Å²) in [5, 5.41) is 24.7. The second kappa shape index (κ2) is 6.24. The Kier molecular flexibility index (Phi) is 4.94. The molecule has 0 amide bonds. The van der Waals surface area contributed by atoms with Crippen LogP contribution in [0.5, 0.6) is 0 Å². The van der Waals surface area contributed by atoms with E-state index in [1.807, 2.05) is 13.2 Å². The number of hydrogen-bond donors (Lipinski definition) is 3. The Hall–Kier alpha value is -1.40. The van der Waals surface area contributed by atoms with E-state index in [0.717, 1.165) is 12.0 Å². The van der Waals surface area contributed by atoms with Crippen molar-refractivity contribution in [2.24, 2.45) is 7.05 Å². The first kappa shape index (κ1) is 12.7. The summed E-state index contributed by atoms with van der Waals surface area (Å²) in [4.78, 5) is 10.3. The van der Waals surface area contributed by atoms with Crippen LogP contribution in [0.2, 0.25) is 0 Å². The third-order valence-electron chi connectivity index (χ3n) is 2.14. The van der Waals surface area contributed by atoms with Gasteiger partial charge >= 0.3 is 5.97 Å². The lowest BCUT2D eigenvalue weighted by molar-refractivity contribution is -0.139. The van der Waals surface area contributed by atoms with Crippen LogP contribution in [0.25, 0.3) is 0 Å². The summed E-state index contributed by atoms with van der Waals surface area (Å²) in [5.41, 5.74) is 1.11. The van der Waals surface area contributed by atoms with Crippen LogP contribution in [0.1, 0.15) is 12.0 Å². The minimum absolute atomic E-state index is 0.222. The molecule has 0 saturated heterocycles. The lowest BCUT2D eigenvalue weighted by Crippen LogP contribution is -2.30. The molecule has 1 heterocycles. The molecule has 1 aromatic heterocycles. The smallest absolute Gasteiger partial charge is 0.306 e. The van der Waals surface area contributed by atoms with Crippen molar-refractivity contribution >= 4 is 5.97 Å². The molecule has 0 spiro atoms. The Morgan fingerprint density at radius 3 is 3.00 bits per heavy atom. The fourth-order valence-corrected chi connectivity index (χ4v) is 1.38. The summed E-state index contributed by atoms with van der Waals surface area (Å²) in [6, 6.07) is 0. The average molecular weight is 227 g/mol. The number of carboxylic acid groups (broad SMARTS) is 1. The van der Waals surface area contributed by atoms with Gasteiger partial charge in [0.25, 0.3) is 0 Å². The number of aliphatic hydroxyl groups is 1. The average Bonchev–Trinajstić information content (AvgIpc) is 2.58. The number of nitrogens with one attached hydrogen (secondary N) is 1. The predicted molar refractivity (Wildman–Crippen MR) is 58.0 cm³/mol. The van der Waals surface area contributed by atoms with Gasteiger partial charge in [-0.3, -0.25) is 9.48 Å². The van der Waals surface area contributed by atoms with Crippen molar-refractivity contribution in [3.63, 3.8) is 0 Å². The summed E-state index contributed by atoms with van der Waals surface area (Å²) in [6.45, 7) is 0.995. The maximum absolute atomic E-state index is 10.3. The molecular formula is C10H17N3O3. The molecule has 0 bridgehead atoms. The summed E-state index contributed by atoms with van der Waals surface area (Å²) in [6.07, 6.45) is 3.48. The predicted octanol–water partition coefficient (Wildman–Crippen LogP) is -0.612. The number of rotatable bonds is 7. The number of carboxylic acids is 1. The fraction of sp³-hybridized carbons (Fsp3) is 0.600. The molecule has 1 rings (SSSR count). The largest absolute Gasteiger partial charge is 0.481 e. The van der Waals surface area contributed by atoms with Crippen molar-refractivity contribution in [3.05, 3.63) is 18.0 Å². The van der Waals surface area contributed by atoms with E-state index in [1.165, 1.54) is 0 Å². The molecule has 0 radical (unpaired) electrons. The molecule has 0 aliphatic heterocycles. The Balaban J connectivity index is 2.10. The van der Waals surface area contributed by atoms with Crippen molar-refractivity contribution in [2.75, 3.05) is 13.1 Å².